The lowest BCUT2D eigenvalue weighted by Crippen LogP contribution is -2.36. The minimum atomic E-state index is -0.980. The molecule has 158 valence electrons. The summed E-state index contributed by atoms with van der Waals surface area (Å²) in [7, 11) is 0. The maximum atomic E-state index is 13.0. The molecule has 10 heteroatoms. The number of nitrogens with one attached hydrogen (secondary N) is 3. The first-order valence-corrected chi connectivity index (χ1v) is 10.6. The predicted octanol–water partition coefficient (Wildman–Crippen LogP) is 3.92. The second-order valence-electron chi connectivity index (χ2n) is 6.85. The molecule has 1 aliphatic heterocycles. The zero-order valence-corrected chi connectivity index (χ0v) is 17.5. The van der Waals surface area contributed by atoms with Gasteiger partial charge >= 0.3 is 0 Å². The van der Waals surface area contributed by atoms with Gasteiger partial charge in [-0.15, -0.1) is 0 Å². The molecular formula is C21H16ClFN4O3S. The maximum Gasteiger partial charge on any atom is 0.257 e. The number of thioether (sulfide) groups is 1. The van der Waals surface area contributed by atoms with E-state index in [4.69, 9.17) is 11.6 Å². The average Bonchev–Trinajstić information content (AvgIpc) is 2.74. The SMILES string of the molecule is O=C1C[C@@H](C(=O)Nc2ccc(Cl)cc2)c2c(nc(SCc3ccc(F)cc3)[nH]c2=O)N1. The number of carbonyl (C=O) groups is 2. The van der Waals surface area contributed by atoms with Gasteiger partial charge in [0.2, 0.25) is 11.8 Å². The molecule has 3 N–H and O–H groups in total. The van der Waals surface area contributed by atoms with E-state index in [0.717, 1.165) is 5.56 Å². The van der Waals surface area contributed by atoms with Crippen LogP contribution in [0.4, 0.5) is 15.9 Å². The van der Waals surface area contributed by atoms with E-state index in [0.29, 0.717) is 16.5 Å². The van der Waals surface area contributed by atoms with Gasteiger partial charge in [0.05, 0.1) is 11.5 Å². The van der Waals surface area contributed by atoms with E-state index in [1.807, 2.05) is 0 Å². The molecule has 0 spiro atoms. The standard InChI is InChI=1S/C21H16ClFN4O3S/c22-12-3-7-14(8-4-12)24-19(29)15-9-16(28)25-18-17(15)20(30)27-21(26-18)31-10-11-1-5-13(23)6-2-11/h1-8,15H,9-10H2,(H,24,29)(H2,25,26,27,28,30)/t15-/m1/s1. The van der Waals surface area contributed by atoms with Crippen molar-refractivity contribution in [3.05, 3.63) is 80.9 Å². The number of hydrogen-bond donors (Lipinski definition) is 3. The minimum Gasteiger partial charge on any atom is -0.326 e. The molecule has 31 heavy (non-hydrogen) atoms. The van der Waals surface area contributed by atoms with E-state index in [2.05, 4.69) is 20.6 Å². The van der Waals surface area contributed by atoms with E-state index in [-0.39, 0.29) is 28.8 Å². The van der Waals surface area contributed by atoms with Crippen molar-refractivity contribution in [3.63, 3.8) is 0 Å². The van der Waals surface area contributed by atoms with Crippen molar-refractivity contribution in [1.82, 2.24) is 9.97 Å². The largest absolute Gasteiger partial charge is 0.326 e. The Balaban J connectivity index is 1.56. The molecule has 4 rings (SSSR count). The Labute approximate surface area is 185 Å². The first-order valence-electron chi connectivity index (χ1n) is 9.27. The Morgan fingerprint density at radius 3 is 2.58 bits per heavy atom. The van der Waals surface area contributed by atoms with Gasteiger partial charge in [-0.1, -0.05) is 35.5 Å². The lowest BCUT2D eigenvalue weighted by molar-refractivity contribution is -0.123. The van der Waals surface area contributed by atoms with Crippen LogP contribution in [-0.2, 0) is 15.3 Å². The van der Waals surface area contributed by atoms with Crippen LogP contribution in [0, 0.1) is 5.82 Å². The van der Waals surface area contributed by atoms with Crippen LogP contribution in [-0.4, -0.2) is 21.8 Å². The van der Waals surface area contributed by atoms with Crippen LogP contribution in [0.3, 0.4) is 0 Å². The lowest BCUT2D eigenvalue weighted by Gasteiger charge is -2.23. The van der Waals surface area contributed by atoms with E-state index < -0.39 is 23.3 Å². The van der Waals surface area contributed by atoms with Crippen LogP contribution >= 0.6 is 23.4 Å². The third-order valence-electron chi connectivity index (χ3n) is 4.65. The molecule has 1 aromatic heterocycles. The summed E-state index contributed by atoms with van der Waals surface area (Å²) in [4.78, 5) is 44.7. The van der Waals surface area contributed by atoms with Crippen LogP contribution in [0.25, 0.3) is 0 Å². The van der Waals surface area contributed by atoms with Crippen molar-refractivity contribution in [2.45, 2.75) is 23.2 Å². The number of nitrogens with zero attached hydrogens (tertiary/aromatic N) is 1. The van der Waals surface area contributed by atoms with Gasteiger partial charge in [0, 0.05) is 22.9 Å². The second kappa shape index (κ2) is 8.91. The van der Waals surface area contributed by atoms with Crippen molar-refractivity contribution in [3.8, 4) is 0 Å². The van der Waals surface area contributed by atoms with Crippen molar-refractivity contribution in [2.24, 2.45) is 0 Å². The molecule has 0 saturated heterocycles. The van der Waals surface area contributed by atoms with Crippen molar-refractivity contribution in [2.75, 3.05) is 10.6 Å². The third kappa shape index (κ3) is 4.95. The fraction of sp³-hybridized carbons (Fsp3) is 0.143. The predicted molar refractivity (Wildman–Crippen MR) is 117 cm³/mol. The highest BCUT2D eigenvalue weighted by atomic mass is 35.5. The number of H-pyrrole nitrogens is 1. The summed E-state index contributed by atoms with van der Waals surface area (Å²) in [5, 5.41) is 6.08. The molecule has 0 aliphatic carbocycles. The molecule has 0 saturated carbocycles. The first kappa shape index (κ1) is 21.1. The molecule has 2 amide bonds. The van der Waals surface area contributed by atoms with Gasteiger partial charge in [0.25, 0.3) is 5.56 Å². The highest BCUT2D eigenvalue weighted by molar-refractivity contribution is 7.98. The molecule has 0 unspecified atom stereocenters. The molecule has 1 atom stereocenters. The molecule has 0 radical (unpaired) electrons. The number of fused-ring (bicyclic) bond motifs is 1. The third-order valence-corrected chi connectivity index (χ3v) is 5.84. The summed E-state index contributed by atoms with van der Waals surface area (Å²) in [6.45, 7) is 0. The van der Waals surface area contributed by atoms with Crippen LogP contribution in [0.5, 0.6) is 0 Å². The number of hydrogen-bond acceptors (Lipinski definition) is 5. The van der Waals surface area contributed by atoms with Crippen molar-refractivity contribution in [1.29, 1.82) is 0 Å². The maximum absolute atomic E-state index is 13.0. The van der Waals surface area contributed by atoms with Gasteiger partial charge in [-0.05, 0) is 42.0 Å². The smallest absolute Gasteiger partial charge is 0.257 e. The lowest BCUT2D eigenvalue weighted by atomic mass is 9.92. The van der Waals surface area contributed by atoms with Crippen LogP contribution in [0.2, 0.25) is 5.02 Å². The number of benzene rings is 2. The highest BCUT2D eigenvalue weighted by Gasteiger charge is 2.34. The number of halogens is 2. The van der Waals surface area contributed by atoms with E-state index >= 15 is 0 Å². The summed E-state index contributed by atoms with van der Waals surface area (Å²) >= 11 is 7.08. The number of aromatic amines is 1. The Morgan fingerprint density at radius 1 is 1.16 bits per heavy atom. The first-order chi connectivity index (χ1) is 14.9. The van der Waals surface area contributed by atoms with Crippen molar-refractivity contribution < 1.29 is 14.0 Å². The van der Waals surface area contributed by atoms with Crippen molar-refractivity contribution >= 4 is 46.7 Å². The summed E-state index contributed by atoms with van der Waals surface area (Å²) in [5.41, 5.74) is 0.953. The van der Waals surface area contributed by atoms with Gasteiger partial charge in [0.15, 0.2) is 5.16 Å². The fourth-order valence-electron chi connectivity index (χ4n) is 3.14. The second-order valence-corrected chi connectivity index (χ2v) is 8.25. The molecule has 2 aromatic carbocycles. The van der Waals surface area contributed by atoms with Gasteiger partial charge in [-0.3, -0.25) is 14.4 Å². The molecule has 0 bridgehead atoms. The van der Waals surface area contributed by atoms with E-state index in [1.54, 1.807) is 36.4 Å². The Bertz CT molecular complexity index is 1200. The summed E-state index contributed by atoms with van der Waals surface area (Å²) in [5.74, 6) is -1.70. The quantitative estimate of drug-likeness (QED) is 0.397. The molecule has 3 aromatic rings. The number of rotatable bonds is 5. The summed E-state index contributed by atoms with van der Waals surface area (Å²) in [6.07, 6.45) is -0.167. The molecule has 2 heterocycles. The highest BCUT2D eigenvalue weighted by Crippen LogP contribution is 2.31. The normalized spacial score (nSPS) is 15.2. The van der Waals surface area contributed by atoms with Gasteiger partial charge in [-0.2, -0.15) is 0 Å². The van der Waals surface area contributed by atoms with E-state index in [1.165, 1.54) is 23.9 Å². The van der Waals surface area contributed by atoms with E-state index in [9.17, 15) is 18.8 Å². The zero-order chi connectivity index (χ0) is 22.0. The van der Waals surface area contributed by atoms with Crippen LogP contribution in [0.15, 0.2) is 58.5 Å². The summed E-state index contributed by atoms with van der Waals surface area (Å²) in [6, 6.07) is 12.5. The Hall–Kier alpha value is -3.17. The molecule has 7 nitrogen and oxygen atoms in total. The van der Waals surface area contributed by atoms with Gasteiger partial charge < -0.3 is 15.6 Å². The fourth-order valence-corrected chi connectivity index (χ4v) is 4.08. The molecule has 1 aliphatic rings. The van der Waals surface area contributed by atoms with Crippen LogP contribution < -0.4 is 16.2 Å². The topological polar surface area (TPSA) is 104 Å². The number of carbonyl (C=O) groups excluding carboxylic acids is 2. The minimum absolute atomic E-state index is 0.0675. The van der Waals surface area contributed by atoms with Gasteiger partial charge in [-0.25, -0.2) is 9.37 Å². The monoisotopic (exact) mass is 458 g/mol. The van der Waals surface area contributed by atoms with Crippen LogP contribution in [0.1, 0.15) is 23.5 Å². The molecule has 0 fully saturated rings. The summed E-state index contributed by atoms with van der Waals surface area (Å²) < 4.78 is 13.0. The number of anilines is 2. The average molecular weight is 459 g/mol. The zero-order valence-electron chi connectivity index (χ0n) is 15.9. The Morgan fingerprint density at radius 2 is 1.87 bits per heavy atom. The Kier molecular flexibility index (Phi) is 6.06. The number of aromatic nitrogens is 2. The number of amides is 2. The molecular weight excluding hydrogens is 443 g/mol. The van der Waals surface area contributed by atoms with Gasteiger partial charge in [0.1, 0.15) is 11.6 Å².